The Morgan fingerprint density at radius 2 is 0.944 bits per heavy atom. The smallest absolute Gasteiger partial charge is 0.0844 e. The molecule has 4 heteroatoms. The molecule has 2 aliphatic heterocycles. The van der Waals surface area contributed by atoms with Gasteiger partial charge in [-0.1, -0.05) is 110 Å². The second kappa shape index (κ2) is 9.83. The number of benzene rings is 2. The van der Waals surface area contributed by atoms with E-state index in [4.69, 9.17) is 9.47 Å². The fourth-order valence-corrected chi connectivity index (χ4v) is 12.1. The fraction of sp³-hybridized carbons (Fsp3) is 0.625. The molecule has 0 amide bonds. The second-order valence-electron chi connectivity index (χ2n) is 13.8. The minimum Gasteiger partial charge on any atom is -0.370 e. The highest BCUT2D eigenvalue weighted by Crippen LogP contribution is 2.42. The molecule has 2 saturated heterocycles. The van der Waals surface area contributed by atoms with Gasteiger partial charge in [-0.25, -0.2) is 0 Å². The average Bonchev–Trinajstić information content (AvgIpc) is 3.81. The van der Waals surface area contributed by atoms with Crippen LogP contribution in [0.4, 0.5) is 0 Å². The summed E-state index contributed by atoms with van der Waals surface area (Å²) in [6, 6.07) is 22.1. The van der Waals surface area contributed by atoms with Crippen molar-refractivity contribution in [2.45, 2.75) is 114 Å². The van der Waals surface area contributed by atoms with Gasteiger partial charge in [0.25, 0.3) is 0 Å². The summed E-state index contributed by atoms with van der Waals surface area (Å²) >= 11 is 0. The van der Waals surface area contributed by atoms with Crippen molar-refractivity contribution >= 4 is 26.5 Å². The molecule has 2 aromatic carbocycles. The van der Waals surface area contributed by atoms with Crippen molar-refractivity contribution in [2.75, 3.05) is 0 Å². The first-order valence-electron chi connectivity index (χ1n) is 14.8. The molecule has 194 valence electrons. The Morgan fingerprint density at radius 1 is 0.556 bits per heavy atom. The predicted molar refractivity (Wildman–Crippen MR) is 157 cm³/mol. The highest BCUT2D eigenvalue weighted by Gasteiger charge is 2.44. The maximum Gasteiger partial charge on any atom is 0.0844 e. The van der Waals surface area contributed by atoms with Gasteiger partial charge in [0.1, 0.15) is 0 Å². The van der Waals surface area contributed by atoms with Crippen molar-refractivity contribution in [3.8, 4) is 11.1 Å². The van der Waals surface area contributed by atoms with Gasteiger partial charge >= 0.3 is 0 Å². The van der Waals surface area contributed by atoms with Gasteiger partial charge in [0.15, 0.2) is 0 Å². The standard InChI is InChI=1S/C32H46O2Si2/c1-35(2,19-17-23-5-15-29-31(21-23)33-29)27-11-7-25(8-12-27)26-9-13-28(14-10-26)36(3,4)20-18-24-6-16-30-32(22-24)34-30/h7-14,23-24,29-32H,5-6,15-22H2,1-4H3. The van der Waals surface area contributed by atoms with E-state index in [2.05, 4.69) is 74.7 Å². The highest BCUT2D eigenvalue weighted by atomic mass is 28.3. The first-order chi connectivity index (χ1) is 17.3. The number of fused-ring (bicyclic) bond motifs is 2. The lowest BCUT2D eigenvalue weighted by Crippen LogP contribution is -2.41. The van der Waals surface area contributed by atoms with Gasteiger partial charge in [0.2, 0.25) is 0 Å². The normalized spacial score (nSPS) is 31.4. The molecule has 6 atom stereocenters. The van der Waals surface area contributed by atoms with E-state index < -0.39 is 16.1 Å². The molecule has 6 unspecified atom stereocenters. The Kier molecular flexibility index (Phi) is 6.85. The molecule has 2 aliphatic carbocycles. The number of hydrogen-bond acceptors (Lipinski definition) is 2. The van der Waals surface area contributed by atoms with E-state index in [9.17, 15) is 0 Å². The van der Waals surface area contributed by atoms with Gasteiger partial charge in [-0.05, 0) is 61.5 Å². The molecule has 2 aromatic rings. The molecule has 6 rings (SSSR count). The molecule has 36 heavy (non-hydrogen) atoms. The zero-order valence-electron chi connectivity index (χ0n) is 23.0. The summed E-state index contributed by atoms with van der Waals surface area (Å²) in [5, 5.41) is 3.22. The maximum absolute atomic E-state index is 5.76. The van der Waals surface area contributed by atoms with Crippen molar-refractivity contribution in [3.63, 3.8) is 0 Å². The first kappa shape index (κ1) is 25.1. The molecule has 0 N–H and O–H groups in total. The number of rotatable bonds is 9. The molecule has 2 saturated carbocycles. The third-order valence-corrected chi connectivity index (χ3v) is 17.1. The minimum atomic E-state index is -1.40. The van der Waals surface area contributed by atoms with E-state index >= 15 is 0 Å². The van der Waals surface area contributed by atoms with Crippen LogP contribution in [0, 0.1) is 11.8 Å². The molecule has 0 bridgehead atoms. The van der Waals surface area contributed by atoms with Gasteiger partial charge in [0, 0.05) is 0 Å². The Labute approximate surface area is 221 Å². The van der Waals surface area contributed by atoms with Crippen LogP contribution < -0.4 is 10.4 Å². The molecule has 4 fully saturated rings. The summed E-state index contributed by atoms with van der Waals surface area (Å²) in [5.74, 6) is 1.79. The van der Waals surface area contributed by atoms with Crippen LogP contribution in [0.5, 0.6) is 0 Å². The van der Waals surface area contributed by atoms with Crippen LogP contribution in [0.15, 0.2) is 48.5 Å². The minimum absolute atomic E-state index is 0.616. The summed E-state index contributed by atoms with van der Waals surface area (Å²) in [7, 11) is -2.80. The van der Waals surface area contributed by atoms with Crippen LogP contribution >= 0.6 is 0 Å². The Balaban J connectivity index is 1.04. The van der Waals surface area contributed by atoms with Crippen molar-refractivity contribution in [1.29, 1.82) is 0 Å². The third kappa shape index (κ3) is 5.62. The number of hydrogen-bond donors (Lipinski definition) is 0. The van der Waals surface area contributed by atoms with Crippen molar-refractivity contribution in [3.05, 3.63) is 48.5 Å². The predicted octanol–water partition coefficient (Wildman–Crippen LogP) is 7.10. The quantitative estimate of drug-likeness (QED) is 0.261. The Hall–Kier alpha value is -1.21. The molecule has 0 spiro atoms. The molecule has 4 aliphatic rings. The lowest BCUT2D eigenvalue weighted by molar-refractivity contribution is 0.357. The highest BCUT2D eigenvalue weighted by molar-refractivity contribution is 6.90. The van der Waals surface area contributed by atoms with Crippen LogP contribution in [-0.4, -0.2) is 40.6 Å². The SMILES string of the molecule is C[Si](C)(CCC1CCC2OC2C1)c1ccc(-c2ccc([Si](C)(C)CCC3CCC4OC4C3)cc2)cc1. The number of epoxide rings is 2. The van der Waals surface area contributed by atoms with Gasteiger partial charge in [-0.3, -0.25) is 0 Å². The van der Waals surface area contributed by atoms with Crippen LogP contribution in [0.3, 0.4) is 0 Å². The summed E-state index contributed by atoms with van der Waals surface area (Å²) in [4.78, 5) is 0. The molecular formula is C32H46O2Si2. The summed E-state index contributed by atoms with van der Waals surface area (Å²) < 4.78 is 11.5. The van der Waals surface area contributed by atoms with Gasteiger partial charge in [-0.15, -0.1) is 0 Å². The van der Waals surface area contributed by atoms with E-state index in [0.717, 1.165) is 11.8 Å². The molecule has 0 radical (unpaired) electrons. The van der Waals surface area contributed by atoms with Gasteiger partial charge < -0.3 is 9.47 Å². The van der Waals surface area contributed by atoms with Crippen molar-refractivity contribution < 1.29 is 9.47 Å². The van der Waals surface area contributed by atoms with Crippen LogP contribution in [0.1, 0.15) is 51.4 Å². The Morgan fingerprint density at radius 3 is 1.31 bits per heavy atom. The maximum atomic E-state index is 5.76. The zero-order valence-corrected chi connectivity index (χ0v) is 25.0. The lowest BCUT2D eigenvalue weighted by atomic mass is 9.87. The summed E-state index contributed by atoms with van der Waals surface area (Å²) in [6.45, 7) is 10.2. The molecular weight excluding hydrogens is 473 g/mol. The first-order valence-corrected chi connectivity index (χ1v) is 21.2. The van der Waals surface area contributed by atoms with E-state index in [1.54, 1.807) is 10.4 Å². The van der Waals surface area contributed by atoms with Crippen molar-refractivity contribution in [2.24, 2.45) is 11.8 Å². The molecule has 2 heterocycles. The third-order valence-electron chi connectivity index (χ3n) is 10.2. The second-order valence-corrected chi connectivity index (χ2v) is 23.5. The van der Waals surface area contributed by atoms with Gasteiger partial charge in [-0.2, -0.15) is 0 Å². The van der Waals surface area contributed by atoms with E-state index in [1.807, 2.05) is 0 Å². The summed E-state index contributed by atoms with van der Waals surface area (Å²) in [5.41, 5.74) is 2.72. The van der Waals surface area contributed by atoms with E-state index in [0.29, 0.717) is 24.4 Å². The zero-order chi connectivity index (χ0) is 24.9. The molecule has 0 aromatic heterocycles. The Bertz CT molecular complexity index is 959. The lowest BCUT2D eigenvalue weighted by Gasteiger charge is -2.27. The van der Waals surface area contributed by atoms with Crippen molar-refractivity contribution in [1.82, 2.24) is 0 Å². The topological polar surface area (TPSA) is 25.1 Å². The molecule has 2 nitrogen and oxygen atoms in total. The van der Waals surface area contributed by atoms with Crippen LogP contribution in [-0.2, 0) is 9.47 Å². The van der Waals surface area contributed by atoms with Crippen LogP contribution in [0.2, 0.25) is 38.3 Å². The van der Waals surface area contributed by atoms with E-state index in [1.165, 1.54) is 74.6 Å². The largest absolute Gasteiger partial charge is 0.370 e. The van der Waals surface area contributed by atoms with Crippen LogP contribution in [0.25, 0.3) is 11.1 Å². The van der Waals surface area contributed by atoms with Gasteiger partial charge in [0.05, 0.1) is 40.6 Å². The number of ether oxygens (including phenoxy) is 2. The fourth-order valence-electron chi connectivity index (χ4n) is 7.14. The average molecular weight is 519 g/mol. The monoisotopic (exact) mass is 518 g/mol. The van der Waals surface area contributed by atoms with E-state index in [-0.39, 0.29) is 0 Å². The summed E-state index contributed by atoms with van der Waals surface area (Å²) in [6.07, 6.45) is 13.3.